The summed E-state index contributed by atoms with van der Waals surface area (Å²) in [5.74, 6) is 0.913. The predicted octanol–water partition coefficient (Wildman–Crippen LogP) is 4.26. The molecule has 132 valence electrons. The van der Waals surface area contributed by atoms with E-state index < -0.39 is 0 Å². The van der Waals surface area contributed by atoms with Crippen LogP contribution >= 0.6 is 0 Å². The molecule has 3 rings (SSSR count). The fourth-order valence-electron chi connectivity index (χ4n) is 2.59. The molecule has 0 aliphatic carbocycles. The highest BCUT2D eigenvalue weighted by atomic mass is 16.5. The average molecular weight is 347 g/mol. The highest BCUT2D eigenvalue weighted by molar-refractivity contribution is 5.91. The first-order chi connectivity index (χ1) is 12.8. The standard InChI is InChI=1S/C21H21N3O2/c1-2-24(17-9-5-3-6-10-17)18-13-14-20(22-15-18)23-21(25)16-26-19-11-7-4-8-12-19/h3-15H,2,16H2,1H3,(H,22,23,25). The number of hydrogen-bond donors (Lipinski definition) is 1. The molecule has 26 heavy (non-hydrogen) atoms. The van der Waals surface area contributed by atoms with E-state index in [1.165, 1.54) is 0 Å². The van der Waals surface area contributed by atoms with E-state index in [1.54, 1.807) is 12.3 Å². The first kappa shape index (κ1) is 17.5. The first-order valence-corrected chi connectivity index (χ1v) is 8.52. The molecule has 5 nitrogen and oxygen atoms in total. The fraction of sp³-hybridized carbons (Fsp3) is 0.143. The molecule has 0 unspecified atom stereocenters. The molecule has 0 atom stereocenters. The highest BCUT2D eigenvalue weighted by Crippen LogP contribution is 2.24. The second-order valence-corrected chi connectivity index (χ2v) is 5.63. The van der Waals surface area contributed by atoms with Gasteiger partial charge in [-0.05, 0) is 43.3 Å². The summed E-state index contributed by atoms with van der Waals surface area (Å²) in [5.41, 5.74) is 2.07. The number of nitrogens with zero attached hydrogens (tertiary/aromatic N) is 2. The molecular formula is C21H21N3O2. The molecule has 0 saturated carbocycles. The molecule has 0 radical (unpaired) electrons. The zero-order valence-electron chi connectivity index (χ0n) is 14.6. The molecule has 0 fully saturated rings. The summed E-state index contributed by atoms with van der Waals surface area (Å²) in [5, 5.41) is 2.74. The normalized spacial score (nSPS) is 10.2. The Morgan fingerprint density at radius 1 is 0.962 bits per heavy atom. The number of pyridine rings is 1. The minimum absolute atomic E-state index is 0.0570. The van der Waals surface area contributed by atoms with Gasteiger partial charge in [-0.3, -0.25) is 4.79 Å². The molecule has 0 bridgehead atoms. The van der Waals surface area contributed by atoms with Crippen molar-refractivity contribution in [1.82, 2.24) is 4.98 Å². The Labute approximate surface area is 153 Å². The number of anilines is 3. The molecule has 1 heterocycles. The van der Waals surface area contributed by atoms with Gasteiger partial charge in [0.15, 0.2) is 6.61 Å². The van der Waals surface area contributed by atoms with Crippen LogP contribution in [0.25, 0.3) is 0 Å². The average Bonchev–Trinajstić information content (AvgIpc) is 2.70. The third-order valence-corrected chi connectivity index (χ3v) is 3.82. The number of benzene rings is 2. The Bertz CT molecular complexity index is 821. The minimum atomic E-state index is -0.246. The number of nitrogens with one attached hydrogen (secondary N) is 1. The van der Waals surface area contributed by atoms with Crippen molar-refractivity contribution in [3.63, 3.8) is 0 Å². The van der Waals surface area contributed by atoms with Gasteiger partial charge in [0.05, 0.1) is 11.9 Å². The van der Waals surface area contributed by atoms with E-state index in [0.29, 0.717) is 11.6 Å². The van der Waals surface area contributed by atoms with Gasteiger partial charge in [0, 0.05) is 12.2 Å². The summed E-state index contributed by atoms with van der Waals surface area (Å²) in [4.78, 5) is 18.5. The van der Waals surface area contributed by atoms with Gasteiger partial charge in [-0.15, -0.1) is 0 Å². The zero-order valence-corrected chi connectivity index (χ0v) is 14.6. The van der Waals surface area contributed by atoms with Gasteiger partial charge in [0.1, 0.15) is 11.6 Å². The van der Waals surface area contributed by atoms with Crippen LogP contribution in [0.3, 0.4) is 0 Å². The molecule has 5 heteroatoms. The second-order valence-electron chi connectivity index (χ2n) is 5.63. The van der Waals surface area contributed by atoms with Crippen molar-refractivity contribution in [3.05, 3.63) is 79.0 Å². The number of hydrogen-bond acceptors (Lipinski definition) is 4. The molecule has 1 N–H and O–H groups in total. The maximum Gasteiger partial charge on any atom is 0.263 e. The predicted molar refractivity (Wildman–Crippen MR) is 104 cm³/mol. The third-order valence-electron chi connectivity index (χ3n) is 3.82. The van der Waals surface area contributed by atoms with Crippen LogP contribution in [0.2, 0.25) is 0 Å². The van der Waals surface area contributed by atoms with Gasteiger partial charge in [-0.2, -0.15) is 0 Å². The maximum absolute atomic E-state index is 12.0. The molecule has 1 aromatic heterocycles. The third kappa shape index (κ3) is 4.60. The van der Waals surface area contributed by atoms with Gasteiger partial charge >= 0.3 is 0 Å². The second kappa shape index (κ2) is 8.67. The lowest BCUT2D eigenvalue weighted by Gasteiger charge is -2.23. The topological polar surface area (TPSA) is 54.5 Å². The van der Waals surface area contributed by atoms with Crippen LogP contribution < -0.4 is 15.0 Å². The van der Waals surface area contributed by atoms with Crippen LogP contribution in [0.15, 0.2) is 79.0 Å². The molecule has 3 aromatic rings. The van der Waals surface area contributed by atoms with Crippen LogP contribution in [-0.4, -0.2) is 24.0 Å². The largest absolute Gasteiger partial charge is 0.484 e. The van der Waals surface area contributed by atoms with Crippen LogP contribution in [0.5, 0.6) is 5.75 Å². The van der Waals surface area contributed by atoms with Crippen LogP contribution in [-0.2, 0) is 4.79 Å². The van der Waals surface area contributed by atoms with Gasteiger partial charge in [0.25, 0.3) is 5.91 Å². The van der Waals surface area contributed by atoms with E-state index >= 15 is 0 Å². The van der Waals surface area contributed by atoms with Crippen molar-refractivity contribution in [1.29, 1.82) is 0 Å². The SMILES string of the molecule is CCN(c1ccccc1)c1ccc(NC(=O)COc2ccccc2)nc1. The van der Waals surface area contributed by atoms with Crippen molar-refractivity contribution < 1.29 is 9.53 Å². The molecular weight excluding hydrogens is 326 g/mol. The lowest BCUT2D eigenvalue weighted by Crippen LogP contribution is -2.21. The van der Waals surface area contributed by atoms with Crippen molar-refractivity contribution in [3.8, 4) is 5.75 Å². The van der Waals surface area contributed by atoms with Crippen molar-refractivity contribution >= 4 is 23.1 Å². The summed E-state index contributed by atoms with van der Waals surface area (Å²) in [6.45, 7) is 2.85. The fourth-order valence-corrected chi connectivity index (χ4v) is 2.59. The Balaban J connectivity index is 1.59. The van der Waals surface area contributed by atoms with E-state index in [-0.39, 0.29) is 12.5 Å². The molecule has 0 saturated heterocycles. The number of para-hydroxylation sites is 2. The summed E-state index contributed by atoms with van der Waals surface area (Å²) < 4.78 is 5.43. The van der Waals surface area contributed by atoms with Gasteiger partial charge in [-0.25, -0.2) is 4.98 Å². The van der Waals surface area contributed by atoms with Crippen molar-refractivity contribution in [2.45, 2.75) is 6.92 Å². The molecule has 2 aromatic carbocycles. The Kier molecular flexibility index (Phi) is 5.83. The zero-order chi connectivity index (χ0) is 18.2. The summed E-state index contributed by atoms with van der Waals surface area (Å²) in [6.07, 6.45) is 1.75. The van der Waals surface area contributed by atoms with Crippen LogP contribution in [0, 0.1) is 0 Å². The molecule has 1 amide bonds. The van der Waals surface area contributed by atoms with E-state index in [9.17, 15) is 4.79 Å². The minimum Gasteiger partial charge on any atom is -0.484 e. The van der Waals surface area contributed by atoms with Crippen molar-refractivity contribution in [2.24, 2.45) is 0 Å². The maximum atomic E-state index is 12.0. The van der Waals surface area contributed by atoms with Crippen molar-refractivity contribution in [2.75, 3.05) is 23.4 Å². The molecule has 0 aliphatic heterocycles. The highest BCUT2D eigenvalue weighted by Gasteiger charge is 2.09. The Morgan fingerprint density at radius 2 is 1.65 bits per heavy atom. The number of amides is 1. The van der Waals surface area contributed by atoms with Gasteiger partial charge in [-0.1, -0.05) is 36.4 Å². The lowest BCUT2D eigenvalue weighted by atomic mass is 10.2. The monoisotopic (exact) mass is 347 g/mol. The summed E-state index contributed by atoms with van der Waals surface area (Å²) in [7, 11) is 0. The lowest BCUT2D eigenvalue weighted by molar-refractivity contribution is -0.118. The number of ether oxygens (including phenoxy) is 1. The van der Waals surface area contributed by atoms with E-state index in [0.717, 1.165) is 17.9 Å². The van der Waals surface area contributed by atoms with E-state index in [1.807, 2.05) is 54.6 Å². The van der Waals surface area contributed by atoms with Crippen LogP contribution in [0.4, 0.5) is 17.2 Å². The smallest absolute Gasteiger partial charge is 0.263 e. The van der Waals surface area contributed by atoms with Crippen LogP contribution in [0.1, 0.15) is 6.92 Å². The van der Waals surface area contributed by atoms with Gasteiger partial charge in [0.2, 0.25) is 0 Å². The Hall–Kier alpha value is -3.34. The summed E-state index contributed by atoms with van der Waals surface area (Å²) >= 11 is 0. The first-order valence-electron chi connectivity index (χ1n) is 8.52. The number of carbonyl (C=O) groups excluding carboxylic acids is 1. The van der Waals surface area contributed by atoms with E-state index in [2.05, 4.69) is 34.3 Å². The molecule has 0 aliphatic rings. The van der Waals surface area contributed by atoms with E-state index in [4.69, 9.17) is 4.74 Å². The number of aromatic nitrogens is 1. The summed E-state index contributed by atoms with van der Waals surface area (Å²) in [6, 6.07) is 23.1. The number of rotatable bonds is 7. The quantitative estimate of drug-likeness (QED) is 0.694. The molecule has 0 spiro atoms. The Morgan fingerprint density at radius 3 is 2.27 bits per heavy atom. The van der Waals surface area contributed by atoms with Gasteiger partial charge < -0.3 is 15.0 Å². The number of carbonyl (C=O) groups is 1.